The zero-order chi connectivity index (χ0) is 27.8. The average Bonchev–Trinajstić information content (AvgIpc) is 3.33. The van der Waals surface area contributed by atoms with E-state index < -0.39 is 16.1 Å². The van der Waals surface area contributed by atoms with Gasteiger partial charge in [0.15, 0.2) is 0 Å². The summed E-state index contributed by atoms with van der Waals surface area (Å²) in [5.74, 6) is 3.69. The molecule has 0 radical (unpaired) electrons. The summed E-state index contributed by atoms with van der Waals surface area (Å²) in [6.45, 7) is 20.4. The van der Waals surface area contributed by atoms with E-state index in [0.29, 0.717) is 11.0 Å². The van der Waals surface area contributed by atoms with Gasteiger partial charge in [0.2, 0.25) is 0 Å². The second-order valence-corrected chi connectivity index (χ2v) is 28.2. The lowest BCUT2D eigenvalue weighted by Crippen LogP contribution is -2.71. The van der Waals surface area contributed by atoms with Gasteiger partial charge in [-0.1, -0.05) is 56.1 Å². The smallest absolute Gasteiger partial charge is 0.0735 e. The minimum atomic E-state index is -1.56. The molecular weight excluding hydrogens is 546 g/mol. The van der Waals surface area contributed by atoms with E-state index in [1.807, 2.05) is 10.8 Å². The second kappa shape index (κ2) is 10.7. The first-order valence-corrected chi connectivity index (χ1v) is 24.8. The van der Waals surface area contributed by atoms with Crippen LogP contribution < -0.4 is 21.3 Å². The summed E-state index contributed by atoms with van der Waals surface area (Å²) in [5.41, 5.74) is 4.77. The molecule has 4 bridgehead atoms. The van der Waals surface area contributed by atoms with Gasteiger partial charge in [-0.3, -0.25) is 0 Å². The Morgan fingerprint density at radius 2 is 1.36 bits per heavy atom. The van der Waals surface area contributed by atoms with Crippen molar-refractivity contribution in [3.8, 4) is 0 Å². The maximum Gasteiger partial charge on any atom is 0.0735 e. The lowest BCUT2D eigenvalue weighted by molar-refractivity contribution is -0.0793. The Morgan fingerprint density at radius 1 is 0.846 bits per heavy atom. The van der Waals surface area contributed by atoms with E-state index in [1.54, 1.807) is 5.57 Å². The SMILES string of the molecule is C[Si](C)(C)C1=CC(C(P)(C2NCCCN2)C2NCCCN2)=C(C23CC4CC(CC(C4)C2CP)C3)C1[Si](C)(C)C. The first-order chi connectivity index (χ1) is 18.4. The van der Waals surface area contributed by atoms with Crippen LogP contribution in [0.3, 0.4) is 0 Å². The summed E-state index contributed by atoms with van der Waals surface area (Å²) in [7, 11) is 3.69. The minimum Gasteiger partial charge on any atom is -0.301 e. The van der Waals surface area contributed by atoms with Crippen LogP contribution in [-0.4, -0.2) is 66.0 Å². The van der Waals surface area contributed by atoms with Gasteiger partial charge in [-0.15, -0.1) is 18.5 Å². The molecule has 39 heavy (non-hydrogen) atoms. The molecule has 0 aromatic rings. The molecule has 2 aliphatic heterocycles. The highest BCUT2D eigenvalue weighted by Crippen LogP contribution is 2.71. The zero-order valence-electron chi connectivity index (χ0n) is 25.8. The van der Waals surface area contributed by atoms with Gasteiger partial charge < -0.3 is 21.3 Å². The van der Waals surface area contributed by atoms with E-state index in [1.165, 1.54) is 51.1 Å². The molecule has 7 rings (SSSR count). The molecule has 2 saturated heterocycles. The lowest BCUT2D eigenvalue weighted by Gasteiger charge is -2.64. The summed E-state index contributed by atoms with van der Waals surface area (Å²) in [6.07, 6.45) is 14.5. The van der Waals surface area contributed by atoms with Crippen LogP contribution in [0.15, 0.2) is 22.4 Å². The molecule has 6 unspecified atom stereocenters. The summed E-state index contributed by atoms with van der Waals surface area (Å²) >= 11 is 0. The molecule has 4 saturated carbocycles. The van der Waals surface area contributed by atoms with Crippen molar-refractivity contribution in [1.82, 2.24) is 21.3 Å². The summed E-state index contributed by atoms with van der Waals surface area (Å²) in [5, 5.41) is 17.8. The predicted octanol–water partition coefficient (Wildman–Crippen LogP) is 5.56. The van der Waals surface area contributed by atoms with Crippen LogP contribution in [0, 0.1) is 29.1 Å². The summed E-state index contributed by atoms with van der Waals surface area (Å²) in [6, 6.07) is 0. The van der Waals surface area contributed by atoms with Crippen molar-refractivity contribution in [2.45, 2.75) is 107 Å². The number of hydrogen-bond acceptors (Lipinski definition) is 4. The molecule has 6 fully saturated rings. The number of hydrogen-bond donors (Lipinski definition) is 4. The first kappa shape index (κ1) is 29.7. The highest BCUT2D eigenvalue weighted by molar-refractivity contribution is 7.19. The molecule has 0 aromatic heterocycles. The topological polar surface area (TPSA) is 48.1 Å². The third-order valence-electron chi connectivity index (χ3n) is 11.8. The van der Waals surface area contributed by atoms with Crippen molar-refractivity contribution in [3.63, 3.8) is 0 Å². The third-order valence-corrected chi connectivity index (χ3v) is 18.0. The maximum absolute atomic E-state index is 4.00. The maximum atomic E-state index is 4.00. The van der Waals surface area contributed by atoms with Crippen LogP contribution >= 0.6 is 18.5 Å². The zero-order valence-corrected chi connectivity index (χ0v) is 30.1. The fourth-order valence-electron chi connectivity index (χ4n) is 10.5. The van der Waals surface area contributed by atoms with Gasteiger partial charge in [-0.05, 0) is 117 Å². The van der Waals surface area contributed by atoms with Crippen molar-refractivity contribution in [2.24, 2.45) is 29.1 Å². The standard InChI is InChI=1S/C31H58N4P2Si2/c1-38(2,3)25-16-23(31(37,28-32-9-7-10-33-28)29-34-11-8-12-35-29)26(27(25)39(4,5)6)30-17-20-13-21(18-30)15-22(14-20)24(30)19-36/h16,20-22,24,27-29,32-35H,7-15,17-19,36-37H2,1-6H3. The van der Waals surface area contributed by atoms with E-state index in [2.05, 4.69) is 85.1 Å². The van der Waals surface area contributed by atoms with Crippen molar-refractivity contribution in [3.05, 3.63) is 22.4 Å². The van der Waals surface area contributed by atoms with Gasteiger partial charge >= 0.3 is 0 Å². The Labute approximate surface area is 246 Å². The molecule has 2 heterocycles. The Kier molecular flexibility index (Phi) is 8.11. The highest BCUT2D eigenvalue weighted by atomic mass is 31.0. The predicted molar refractivity (Wildman–Crippen MR) is 181 cm³/mol. The molecule has 0 amide bonds. The monoisotopic (exact) mass is 604 g/mol. The van der Waals surface area contributed by atoms with Gasteiger partial charge in [0.05, 0.1) is 33.6 Å². The normalized spacial score (nSPS) is 38.6. The van der Waals surface area contributed by atoms with E-state index in [0.717, 1.165) is 49.9 Å². The van der Waals surface area contributed by atoms with Gasteiger partial charge in [0, 0.05) is 0 Å². The van der Waals surface area contributed by atoms with Crippen LogP contribution in [0.4, 0.5) is 0 Å². The molecular formula is C31H58N4P2Si2. The second-order valence-electron chi connectivity index (χ2n) is 16.4. The quantitative estimate of drug-likeness (QED) is 0.227. The van der Waals surface area contributed by atoms with E-state index >= 15 is 0 Å². The van der Waals surface area contributed by atoms with E-state index in [4.69, 9.17) is 0 Å². The molecule has 0 aromatic carbocycles. The van der Waals surface area contributed by atoms with Crippen molar-refractivity contribution in [2.75, 3.05) is 32.3 Å². The molecule has 5 aliphatic carbocycles. The number of nitrogens with one attached hydrogen (secondary N) is 4. The van der Waals surface area contributed by atoms with Crippen molar-refractivity contribution >= 4 is 34.6 Å². The highest BCUT2D eigenvalue weighted by Gasteiger charge is 2.63. The molecule has 4 nitrogen and oxygen atoms in total. The molecule has 0 spiro atoms. The van der Waals surface area contributed by atoms with Crippen LogP contribution in [0.2, 0.25) is 44.8 Å². The summed E-state index contributed by atoms with van der Waals surface area (Å²) in [4.78, 5) is 0. The Balaban J connectivity index is 1.62. The molecule has 6 atom stereocenters. The third kappa shape index (κ3) is 4.92. The van der Waals surface area contributed by atoms with Crippen LogP contribution in [0.1, 0.15) is 44.9 Å². The Bertz CT molecular complexity index is 971. The van der Waals surface area contributed by atoms with Gasteiger partial charge in [0.25, 0.3) is 0 Å². The lowest BCUT2D eigenvalue weighted by atomic mass is 9.43. The molecule has 8 heteroatoms. The van der Waals surface area contributed by atoms with Gasteiger partial charge in [-0.2, -0.15) is 0 Å². The fraction of sp³-hybridized carbons (Fsp3) is 0.871. The van der Waals surface area contributed by atoms with Crippen LogP contribution in [-0.2, 0) is 0 Å². The minimum absolute atomic E-state index is 0.121. The fourth-order valence-corrected chi connectivity index (χ4v) is 18.6. The summed E-state index contributed by atoms with van der Waals surface area (Å²) < 4.78 is 0. The molecule has 220 valence electrons. The average molecular weight is 605 g/mol. The van der Waals surface area contributed by atoms with Crippen molar-refractivity contribution in [1.29, 1.82) is 0 Å². The molecule has 7 aliphatic rings. The Morgan fingerprint density at radius 3 is 1.79 bits per heavy atom. The Hall–Kier alpha value is 0.614. The molecule has 4 N–H and O–H groups in total. The number of rotatable bonds is 7. The van der Waals surface area contributed by atoms with E-state index in [-0.39, 0.29) is 17.5 Å². The number of allylic oxidation sites excluding steroid dienone is 3. The van der Waals surface area contributed by atoms with Crippen LogP contribution in [0.5, 0.6) is 0 Å². The van der Waals surface area contributed by atoms with E-state index in [9.17, 15) is 0 Å². The van der Waals surface area contributed by atoms with Gasteiger partial charge in [0.1, 0.15) is 0 Å². The van der Waals surface area contributed by atoms with Gasteiger partial charge in [-0.25, -0.2) is 0 Å². The van der Waals surface area contributed by atoms with Crippen molar-refractivity contribution < 1.29 is 0 Å². The van der Waals surface area contributed by atoms with Crippen LogP contribution in [0.25, 0.3) is 0 Å². The first-order valence-electron chi connectivity index (χ1n) is 16.3. The largest absolute Gasteiger partial charge is 0.301 e.